The molecule has 174 valence electrons. The molecule has 2 unspecified atom stereocenters. The van der Waals surface area contributed by atoms with E-state index in [0.717, 1.165) is 23.6 Å². The second kappa shape index (κ2) is 9.15. The molecule has 0 radical (unpaired) electrons. The first-order valence-corrected chi connectivity index (χ1v) is 13.1. The van der Waals surface area contributed by atoms with Crippen LogP contribution in [0.25, 0.3) is 17.1 Å². The van der Waals surface area contributed by atoms with E-state index in [2.05, 4.69) is 56.8 Å². The molecule has 0 amide bonds. The second-order valence-corrected chi connectivity index (χ2v) is 11.1. The number of hydrogen-bond acceptors (Lipinski definition) is 6. The van der Waals surface area contributed by atoms with E-state index < -0.39 is 5.60 Å². The molecule has 0 spiro atoms. The van der Waals surface area contributed by atoms with Crippen LogP contribution in [0.2, 0.25) is 0 Å². The van der Waals surface area contributed by atoms with Crippen molar-refractivity contribution >= 4 is 17.5 Å². The average molecular weight is 463 g/mol. The summed E-state index contributed by atoms with van der Waals surface area (Å²) >= 11 is 1.83. The van der Waals surface area contributed by atoms with Crippen molar-refractivity contribution in [2.75, 3.05) is 6.54 Å². The third-order valence-electron chi connectivity index (χ3n) is 7.20. The summed E-state index contributed by atoms with van der Waals surface area (Å²) in [6.07, 6.45) is 9.63. The van der Waals surface area contributed by atoms with Crippen LogP contribution in [0.4, 0.5) is 0 Å². The highest BCUT2D eigenvalue weighted by Crippen LogP contribution is 2.43. The minimum absolute atomic E-state index is 0.307. The Morgan fingerprint density at radius 1 is 1.12 bits per heavy atom. The SMILES string of the molecule is C[C@@H]1CCC(C2NC(C(C)(C)O)=CS2)CN1C(=C1CCC1)c1ccccc1-c1ncccn1. The maximum absolute atomic E-state index is 10.4. The molecule has 2 fully saturated rings. The number of allylic oxidation sites excluding steroid dienone is 1. The topological polar surface area (TPSA) is 61.3 Å². The summed E-state index contributed by atoms with van der Waals surface area (Å²) < 4.78 is 0. The summed E-state index contributed by atoms with van der Waals surface area (Å²) in [6, 6.07) is 11.0. The maximum atomic E-state index is 10.4. The van der Waals surface area contributed by atoms with Gasteiger partial charge in [0.05, 0.1) is 11.0 Å². The van der Waals surface area contributed by atoms with Crippen molar-refractivity contribution in [1.82, 2.24) is 20.2 Å². The highest BCUT2D eigenvalue weighted by atomic mass is 32.2. The summed E-state index contributed by atoms with van der Waals surface area (Å²) in [5, 5.41) is 16.5. The van der Waals surface area contributed by atoms with E-state index in [1.807, 2.05) is 44.1 Å². The fraction of sp³-hybridized carbons (Fsp3) is 0.481. The molecule has 1 aromatic heterocycles. The Labute approximate surface area is 201 Å². The normalized spacial score (nSPS) is 25.3. The van der Waals surface area contributed by atoms with E-state index in [0.29, 0.717) is 17.3 Å². The van der Waals surface area contributed by atoms with E-state index >= 15 is 0 Å². The van der Waals surface area contributed by atoms with E-state index in [1.54, 1.807) is 5.57 Å². The molecule has 2 aliphatic heterocycles. The van der Waals surface area contributed by atoms with Gasteiger partial charge in [0.25, 0.3) is 0 Å². The molecule has 1 saturated heterocycles. The van der Waals surface area contributed by atoms with Gasteiger partial charge in [0.15, 0.2) is 5.82 Å². The first-order chi connectivity index (χ1) is 15.9. The average Bonchev–Trinajstić information content (AvgIpc) is 3.28. The standard InChI is InChI=1S/C27H34N4OS/c1-18-12-13-20(26-30-23(17-33-26)27(2,3)32)16-31(18)24(19-8-6-9-19)21-10-4-5-11-22(21)25-28-14-7-15-29-25/h4-5,7,10-11,14-15,17-18,20,26,30,32H,6,8-9,12-13,16H2,1-3H3/t18-,20?,26?/m1/s1. The Hall–Kier alpha value is -2.31. The van der Waals surface area contributed by atoms with Gasteiger partial charge in [-0.25, -0.2) is 9.97 Å². The molecule has 3 atom stereocenters. The van der Waals surface area contributed by atoms with Crippen molar-refractivity contribution < 1.29 is 5.11 Å². The quantitative estimate of drug-likeness (QED) is 0.619. The molecule has 6 heteroatoms. The van der Waals surface area contributed by atoms with Crippen LogP contribution >= 0.6 is 11.8 Å². The molecule has 3 heterocycles. The molecule has 1 aliphatic carbocycles. The van der Waals surface area contributed by atoms with Gasteiger partial charge in [-0.3, -0.25) is 0 Å². The number of nitrogens with zero attached hydrogens (tertiary/aromatic N) is 3. The number of hydrogen-bond donors (Lipinski definition) is 2. The van der Waals surface area contributed by atoms with Gasteiger partial charge in [-0.15, -0.1) is 11.8 Å². The van der Waals surface area contributed by atoms with Crippen molar-refractivity contribution in [2.45, 2.75) is 69.9 Å². The monoisotopic (exact) mass is 462 g/mol. The van der Waals surface area contributed by atoms with Gasteiger partial charge in [0.1, 0.15) is 0 Å². The Balaban J connectivity index is 1.46. The molecular formula is C27H34N4OS. The van der Waals surface area contributed by atoms with Crippen LogP contribution in [0.5, 0.6) is 0 Å². The van der Waals surface area contributed by atoms with Crippen LogP contribution in [0, 0.1) is 5.92 Å². The number of rotatable bonds is 5. The molecule has 2 aromatic rings. The molecule has 0 bridgehead atoms. The Kier molecular flexibility index (Phi) is 6.23. The lowest BCUT2D eigenvalue weighted by Gasteiger charge is -2.45. The molecule has 5 rings (SSSR count). The first-order valence-electron chi connectivity index (χ1n) is 12.1. The lowest BCUT2D eigenvalue weighted by atomic mass is 9.84. The molecule has 1 aromatic carbocycles. The number of aliphatic hydroxyl groups is 1. The zero-order valence-electron chi connectivity index (χ0n) is 19.8. The summed E-state index contributed by atoms with van der Waals surface area (Å²) in [7, 11) is 0. The fourth-order valence-corrected chi connectivity index (χ4v) is 6.35. The predicted molar refractivity (Wildman–Crippen MR) is 136 cm³/mol. The molecular weight excluding hydrogens is 428 g/mol. The lowest BCUT2D eigenvalue weighted by molar-refractivity contribution is 0.108. The van der Waals surface area contributed by atoms with Crippen LogP contribution in [-0.4, -0.2) is 43.5 Å². The third kappa shape index (κ3) is 4.56. The van der Waals surface area contributed by atoms with Gasteiger partial charge in [-0.2, -0.15) is 0 Å². The zero-order valence-corrected chi connectivity index (χ0v) is 20.6. The fourth-order valence-electron chi connectivity index (χ4n) is 5.07. The minimum atomic E-state index is -0.822. The first kappa shape index (κ1) is 22.5. The van der Waals surface area contributed by atoms with Crippen LogP contribution in [0.15, 0.2) is 59.4 Å². The minimum Gasteiger partial charge on any atom is -0.384 e. The molecule has 5 nitrogen and oxygen atoms in total. The highest BCUT2D eigenvalue weighted by Gasteiger charge is 2.37. The Bertz CT molecular complexity index is 1050. The number of thioether (sulfide) groups is 1. The summed E-state index contributed by atoms with van der Waals surface area (Å²) in [5.41, 5.74) is 5.45. The van der Waals surface area contributed by atoms with Crippen LogP contribution in [-0.2, 0) is 0 Å². The van der Waals surface area contributed by atoms with Gasteiger partial charge in [-0.05, 0) is 69.9 Å². The largest absolute Gasteiger partial charge is 0.384 e. The summed E-state index contributed by atoms with van der Waals surface area (Å²) in [6.45, 7) is 7.09. The van der Waals surface area contributed by atoms with E-state index in [1.165, 1.54) is 43.4 Å². The van der Waals surface area contributed by atoms with Crippen molar-refractivity contribution in [1.29, 1.82) is 0 Å². The maximum Gasteiger partial charge on any atom is 0.159 e. The molecule has 33 heavy (non-hydrogen) atoms. The second-order valence-electron chi connectivity index (χ2n) is 10.1. The van der Waals surface area contributed by atoms with Crippen LogP contribution in [0.1, 0.15) is 58.4 Å². The van der Waals surface area contributed by atoms with E-state index in [-0.39, 0.29) is 0 Å². The van der Waals surface area contributed by atoms with Gasteiger partial charge in [0, 0.05) is 53.4 Å². The van der Waals surface area contributed by atoms with Crippen molar-refractivity contribution in [3.8, 4) is 11.4 Å². The number of benzene rings is 1. The zero-order chi connectivity index (χ0) is 23.0. The van der Waals surface area contributed by atoms with Crippen molar-refractivity contribution in [3.63, 3.8) is 0 Å². The van der Waals surface area contributed by atoms with Crippen LogP contribution in [0.3, 0.4) is 0 Å². The van der Waals surface area contributed by atoms with E-state index in [9.17, 15) is 5.11 Å². The van der Waals surface area contributed by atoms with Crippen molar-refractivity contribution in [2.24, 2.45) is 5.92 Å². The summed E-state index contributed by atoms with van der Waals surface area (Å²) in [5.74, 6) is 1.30. The molecule has 2 N–H and O–H groups in total. The van der Waals surface area contributed by atoms with Gasteiger partial charge >= 0.3 is 0 Å². The van der Waals surface area contributed by atoms with Crippen LogP contribution < -0.4 is 5.32 Å². The number of nitrogens with one attached hydrogen (secondary N) is 1. The Morgan fingerprint density at radius 2 is 1.88 bits per heavy atom. The van der Waals surface area contributed by atoms with Gasteiger partial charge < -0.3 is 15.3 Å². The number of piperidine rings is 1. The highest BCUT2D eigenvalue weighted by molar-refractivity contribution is 8.03. The molecule has 3 aliphatic rings. The lowest BCUT2D eigenvalue weighted by Crippen LogP contribution is -2.47. The third-order valence-corrected chi connectivity index (χ3v) is 8.37. The van der Waals surface area contributed by atoms with E-state index in [4.69, 9.17) is 0 Å². The number of likely N-dealkylation sites (tertiary alicyclic amines) is 1. The summed E-state index contributed by atoms with van der Waals surface area (Å²) in [4.78, 5) is 11.8. The van der Waals surface area contributed by atoms with Gasteiger partial charge in [-0.1, -0.05) is 24.3 Å². The Morgan fingerprint density at radius 3 is 2.55 bits per heavy atom. The van der Waals surface area contributed by atoms with Crippen molar-refractivity contribution in [3.05, 3.63) is 65.0 Å². The van der Waals surface area contributed by atoms with Gasteiger partial charge in [0.2, 0.25) is 0 Å². The smallest absolute Gasteiger partial charge is 0.159 e. The number of aromatic nitrogens is 2. The predicted octanol–water partition coefficient (Wildman–Crippen LogP) is 5.41. The molecule has 1 saturated carbocycles.